The largest absolute Gasteiger partial charge is 0.447 e. The molecule has 0 unspecified atom stereocenters. The quantitative estimate of drug-likeness (QED) is 0.398. The topological polar surface area (TPSA) is 130 Å². The molecule has 1 aromatic heterocycles. The van der Waals surface area contributed by atoms with Gasteiger partial charge in [0.1, 0.15) is 6.61 Å². The first-order chi connectivity index (χ1) is 20.1. The summed E-state index contributed by atoms with van der Waals surface area (Å²) in [6.45, 7) is 7.27. The average molecular weight is 576 g/mol. The Hall–Kier alpha value is -3.80. The second-order valence-corrected chi connectivity index (χ2v) is 11.9. The second kappa shape index (κ2) is 10.8. The lowest BCUT2D eigenvalue weighted by atomic mass is 9.71. The maximum absolute atomic E-state index is 14.5. The molecule has 222 valence electrons. The molecule has 42 heavy (non-hydrogen) atoms. The van der Waals surface area contributed by atoms with Gasteiger partial charge in [-0.15, -0.1) is 5.10 Å². The number of benzene rings is 2. The molecule has 0 aliphatic carbocycles. The molecule has 0 saturated carbocycles. The van der Waals surface area contributed by atoms with Crippen molar-refractivity contribution in [3.8, 4) is 0 Å². The van der Waals surface area contributed by atoms with Crippen molar-refractivity contribution in [1.82, 2.24) is 15.0 Å². The summed E-state index contributed by atoms with van der Waals surface area (Å²) >= 11 is 0. The van der Waals surface area contributed by atoms with Gasteiger partial charge in [-0.3, -0.25) is 14.4 Å². The summed E-state index contributed by atoms with van der Waals surface area (Å²) in [5.41, 5.74) is 1.63. The molecule has 0 bridgehead atoms. The molecule has 4 atom stereocenters. The standard InChI is InChI=1S/C31H37N5O6/c1-20-27(30(2,3)40)26(12-14-34-19-22(13-16-37)32-33-34)42-31(20)24-6-4-5-7-25(24)36(28(31)38)18-21-8-10-23(11-9-21)35-15-17-41-29(35)39/h4-11,19-20,26-27,37,40H,12-18H2,1-3H3/t20-,26+,27-,31+/m1/s1. The molecule has 11 heteroatoms. The molecule has 11 nitrogen and oxygen atoms in total. The van der Waals surface area contributed by atoms with Gasteiger partial charge in [0.15, 0.2) is 5.60 Å². The number of nitrogens with zero attached hydrogens (tertiary/aromatic N) is 5. The second-order valence-electron chi connectivity index (χ2n) is 11.9. The minimum Gasteiger partial charge on any atom is -0.447 e. The molecule has 2 fully saturated rings. The zero-order chi connectivity index (χ0) is 29.6. The van der Waals surface area contributed by atoms with Crippen LogP contribution in [0, 0.1) is 11.8 Å². The van der Waals surface area contributed by atoms with Crippen LogP contribution in [0.15, 0.2) is 54.7 Å². The SMILES string of the molecule is C[C@@H]1[C@@H](C(C)(C)O)[C@H](CCn2cc(CCO)nn2)O[C@@]12C(=O)N(Cc1ccc(N3CCOC3=O)cc1)c1ccccc12. The van der Waals surface area contributed by atoms with Gasteiger partial charge in [0.05, 0.1) is 36.2 Å². The number of hydrogen-bond acceptors (Lipinski definition) is 8. The minimum absolute atomic E-state index is 0.000480. The van der Waals surface area contributed by atoms with Crippen LogP contribution in [0.5, 0.6) is 0 Å². The minimum atomic E-state index is -1.24. The van der Waals surface area contributed by atoms with Crippen LogP contribution in [0.3, 0.4) is 0 Å². The van der Waals surface area contributed by atoms with Crippen LogP contribution >= 0.6 is 0 Å². The van der Waals surface area contributed by atoms with E-state index in [4.69, 9.17) is 9.47 Å². The summed E-state index contributed by atoms with van der Waals surface area (Å²) in [7, 11) is 0. The highest BCUT2D eigenvalue weighted by Crippen LogP contribution is 2.57. The maximum atomic E-state index is 14.5. The molecular formula is C31H37N5O6. The molecule has 3 aliphatic rings. The van der Waals surface area contributed by atoms with E-state index in [2.05, 4.69) is 10.3 Å². The third kappa shape index (κ3) is 4.75. The van der Waals surface area contributed by atoms with Crippen LogP contribution in [0.25, 0.3) is 0 Å². The molecule has 0 radical (unpaired) electrons. The average Bonchev–Trinajstić information content (AvgIpc) is 3.72. The lowest BCUT2D eigenvalue weighted by molar-refractivity contribution is -0.146. The number of para-hydroxylation sites is 1. The van der Waals surface area contributed by atoms with Gasteiger partial charge in [-0.25, -0.2) is 4.79 Å². The molecule has 6 rings (SSSR count). The molecular weight excluding hydrogens is 538 g/mol. The summed E-state index contributed by atoms with van der Waals surface area (Å²) < 4.78 is 13.6. The van der Waals surface area contributed by atoms with E-state index >= 15 is 0 Å². The van der Waals surface area contributed by atoms with Gasteiger partial charge in [0, 0.05) is 48.9 Å². The summed E-state index contributed by atoms with van der Waals surface area (Å²) in [4.78, 5) is 29.8. The lowest BCUT2D eigenvalue weighted by Gasteiger charge is -2.34. The van der Waals surface area contributed by atoms with E-state index in [0.29, 0.717) is 44.8 Å². The highest BCUT2D eigenvalue weighted by atomic mass is 16.6. The zero-order valence-corrected chi connectivity index (χ0v) is 24.1. The van der Waals surface area contributed by atoms with Gasteiger partial charge in [-0.05, 0) is 44.0 Å². The van der Waals surface area contributed by atoms with Crippen molar-refractivity contribution in [2.45, 2.75) is 64.0 Å². The predicted octanol–water partition coefficient (Wildman–Crippen LogP) is 3.02. The highest BCUT2D eigenvalue weighted by Gasteiger charge is 2.65. The fourth-order valence-electron chi connectivity index (χ4n) is 6.99. The third-order valence-corrected chi connectivity index (χ3v) is 8.84. The van der Waals surface area contributed by atoms with Crippen LogP contribution in [-0.2, 0) is 39.4 Å². The van der Waals surface area contributed by atoms with Crippen molar-refractivity contribution >= 4 is 23.4 Å². The van der Waals surface area contributed by atoms with E-state index in [9.17, 15) is 19.8 Å². The summed E-state index contributed by atoms with van der Waals surface area (Å²) in [6, 6.07) is 15.3. The van der Waals surface area contributed by atoms with Crippen LogP contribution < -0.4 is 9.80 Å². The lowest BCUT2D eigenvalue weighted by Crippen LogP contribution is -2.46. The van der Waals surface area contributed by atoms with Crippen LogP contribution in [0.1, 0.15) is 44.0 Å². The van der Waals surface area contributed by atoms with Gasteiger partial charge in [-0.1, -0.05) is 42.5 Å². The highest BCUT2D eigenvalue weighted by molar-refractivity contribution is 6.07. The van der Waals surface area contributed by atoms with Crippen molar-refractivity contribution in [3.05, 3.63) is 71.5 Å². The summed E-state index contributed by atoms with van der Waals surface area (Å²) in [5.74, 6) is -0.786. The van der Waals surface area contributed by atoms with Crippen molar-refractivity contribution < 1.29 is 29.3 Å². The Morgan fingerprint density at radius 2 is 1.88 bits per heavy atom. The number of rotatable bonds is 9. The number of carbonyl (C=O) groups is 2. The van der Waals surface area contributed by atoms with Crippen LogP contribution in [-0.4, -0.2) is 68.7 Å². The van der Waals surface area contributed by atoms with E-state index in [0.717, 1.165) is 22.5 Å². The van der Waals surface area contributed by atoms with E-state index in [1.54, 1.807) is 34.5 Å². The molecule has 3 aromatic rings. The normalized spacial score (nSPS) is 25.5. The number of amides is 2. The molecule has 2 aromatic carbocycles. The maximum Gasteiger partial charge on any atom is 0.414 e. The number of cyclic esters (lactones) is 1. The Bertz CT molecular complexity index is 1470. The van der Waals surface area contributed by atoms with Crippen molar-refractivity contribution in [2.24, 2.45) is 11.8 Å². The monoisotopic (exact) mass is 575 g/mol. The van der Waals surface area contributed by atoms with E-state index in [-0.39, 0.29) is 30.4 Å². The first kappa shape index (κ1) is 28.3. The number of aryl methyl sites for hydroxylation is 1. The summed E-state index contributed by atoms with van der Waals surface area (Å²) in [6.07, 6.45) is 1.99. The molecule has 2 amide bonds. The van der Waals surface area contributed by atoms with E-state index in [1.165, 1.54) is 0 Å². The van der Waals surface area contributed by atoms with Crippen LogP contribution in [0.4, 0.5) is 16.2 Å². The molecule has 3 aliphatic heterocycles. The number of hydrogen-bond donors (Lipinski definition) is 2. The molecule has 2 N–H and O–H groups in total. The number of anilines is 2. The molecule has 4 heterocycles. The Morgan fingerprint density at radius 3 is 2.57 bits per heavy atom. The smallest absolute Gasteiger partial charge is 0.414 e. The third-order valence-electron chi connectivity index (χ3n) is 8.84. The number of ether oxygens (including phenoxy) is 2. The van der Waals surface area contributed by atoms with E-state index in [1.807, 2.05) is 55.5 Å². The van der Waals surface area contributed by atoms with Gasteiger partial charge < -0.3 is 24.6 Å². The fourth-order valence-corrected chi connectivity index (χ4v) is 6.99. The predicted molar refractivity (Wildman–Crippen MR) is 154 cm³/mol. The van der Waals surface area contributed by atoms with Gasteiger partial charge in [0.25, 0.3) is 5.91 Å². The van der Waals surface area contributed by atoms with Crippen LogP contribution in [0.2, 0.25) is 0 Å². The van der Waals surface area contributed by atoms with Gasteiger partial charge in [-0.2, -0.15) is 0 Å². The number of fused-ring (bicyclic) bond motifs is 2. The number of aromatic nitrogens is 3. The Kier molecular flexibility index (Phi) is 7.28. The first-order valence-electron chi connectivity index (χ1n) is 14.5. The van der Waals surface area contributed by atoms with Crippen molar-refractivity contribution in [1.29, 1.82) is 0 Å². The van der Waals surface area contributed by atoms with Gasteiger partial charge in [0.2, 0.25) is 0 Å². The summed E-state index contributed by atoms with van der Waals surface area (Å²) in [5, 5.41) is 28.8. The zero-order valence-electron chi connectivity index (χ0n) is 24.1. The van der Waals surface area contributed by atoms with Crippen molar-refractivity contribution in [3.63, 3.8) is 0 Å². The Labute approximate surface area is 244 Å². The number of aliphatic hydroxyl groups is 2. The van der Waals surface area contributed by atoms with Crippen molar-refractivity contribution in [2.75, 3.05) is 29.6 Å². The fraction of sp³-hybridized carbons (Fsp3) is 0.484. The molecule has 1 spiro atoms. The van der Waals surface area contributed by atoms with E-state index < -0.39 is 17.3 Å². The van der Waals surface area contributed by atoms with Gasteiger partial charge >= 0.3 is 6.09 Å². The molecule has 2 saturated heterocycles. The number of carbonyl (C=O) groups excluding carboxylic acids is 2. The first-order valence-corrected chi connectivity index (χ1v) is 14.5. The number of aliphatic hydroxyl groups excluding tert-OH is 1. The Morgan fingerprint density at radius 1 is 1.12 bits per heavy atom. The Balaban J connectivity index is 1.28.